The third kappa shape index (κ3) is 3.40. The number of aliphatic hydroxyl groups is 1. The van der Waals surface area contributed by atoms with Crippen LogP contribution < -0.4 is 5.32 Å². The lowest BCUT2D eigenvalue weighted by molar-refractivity contribution is -0.158. The van der Waals surface area contributed by atoms with Crippen LogP contribution in [0.25, 0.3) is 22.4 Å². The smallest absolute Gasteiger partial charge is 0.312 e. The van der Waals surface area contributed by atoms with Gasteiger partial charge in [-0.25, -0.2) is 19.3 Å². The normalized spacial score (nSPS) is 24.6. The van der Waals surface area contributed by atoms with E-state index in [1.807, 2.05) is 0 Å². The molecule has 0 aromatic carbocycles. The van der Waals surface area contributed by atoms with Crippen LogP contribution in [0.5, 0.6) is 0 Å². The van der Waals surface area contributed by atoms with Gasteiger partial charge in [-0.2, -0.15) is 0 Å². The standard InChI is InChI=1S/C19H19ClFN5O3/c1-19(18(28)29)4-2-3-13(14(19)27)25-17-12(21)8-24-16(26-17)11-7-23-15-10(11)5-9(20)6-22-15/h5-8,13-14,27H,2-4H2,1H3,(H,22,23)(H,28,29)(H,24,25,26)/t13-,14+,19-/m0/s1. The van der Waals surface area contributed by atoms with Crippen molar-refractivity contribution in [3.05, 3.63) is 35.5 Å². The molecule has 0 aliphatic heterocycles. The van der Waals surface area contributed by atoms with Gasteiger partial charge in [0.1, 0.15) is 5.65 Å². The van der Waals surface area contributed by atoms with Crippen LogP contribution in [0.15, 0.2) is 24.7 Å². The number of hydrogen-bond acceptors (Lipinski definition) is 6. The van der Waals surface area contributed by atoms with Gasteiger partial charge in [0.2, 0.25) is 0 Å². The van der Waals surface area contributed by atoms with E-state index in [-0.39, 0.29) is 11.6 Å². The van der Waals surface area contributed by atoms with Gasteiger partial charge in [0, 0.05) is 23.3 Å². The summed E-state index contributed by atoms with van der Waals surface area (Å²) in [6, 6.07) is 1.06. The van der Waals surface area contributed by atoms with Crippen molar-refractivity contribution in [2.45, 2.75) is 38.3 Å². The molecule has 4 rings (SSSR count). The summed E-state index contributed by atoms with van der Waals surface area (Å²) in [5, 5.41) is 24.1. The third-order valence-electron chi connectivity index (χ3n) is 5.54. The predicted octanol–water partition coefficient (Wildman–Crippen LogP) is 3.23. The van der Waals surface area contributed by atoms with Crippen LogP contribution >= 0.6 is 11.6 Å². The van der Waals surface area contributed by atoms with Crippen molar-refractivity contribution in [2.75, 3.05) is 5.32 Å². The van der Waals surface area contributed by atoms with Crippen LogP contribution in [0.3, 0.4) is 0 Å². The van der Waals surface area contributed by atoms with E-state index < -0.39 is 29.3 Å². The van der Waals surface area contributed by atoms with Crippen molar-refractivity contribution < 1.29 is 19.4 Å². The Morgan fingerprint density at radius 3 is 2.97 bits per heavy atom. The number of pyridine rings is 1. The number of aliphatic carboxylic acids is 1. The summed E-state index contributed by atoms with van der Waals surface area (Å²) in [4.78, 5) is 27.1. The maximum absolute atomic E-state index is 14.4. The Labute approximate surface area is 170 Å². The summed E-state index contributed by atoms with van der Waals surface area (Å²) in [7, 11) is 0. The zero-order valence-electron chi connectivity index (χ0n) is 15.5. The lowest BCUT2D eigenvalue weighted by Gasteiger charge is -2.40. The van der Waals surface area contributed by atoms with Crippen molar-refractivity contribution in [3.63, 3.8) is 0 Å². The highest BCUT2D eigenvalue weighted by molar-refractivity contribution is 6.31. The fourth-order valence-corrected chi connectivity index (χ4v) is 3.92. The number of anilines is 1. The fraction of sp³-hybridized carbons (Fsp3) is 0.368. The Hall–Kier alpha value is -2.78. The van der Waals surface area contributed by atoms with Crippen LogP contribution in [0.1, 0.15) is 26.2 Å². The van der Waals surface area contributed by atoms with Gasteiger partial charge in [0.25, 0.3) is 0 Å². The second-order valence-electron chi connectivity index (χ2n) is 7.45. The molecule has 4 N–H and O–H groups in total. The topological polar surface area (TPSA) is 124 Å². The average Bonchev–Trinajstić information content (AvgIpc) is 3.10. The van der Waals surface area contributed by atoms with Gasteiger partial charge in [0.15, 0.2) is 17.5 Å². The minimum atomic E-state index is -1.30. The monoisotopic (exact) mass is 419 g/mol. The third-order valence-corrected chi connectivity index (χ3v) is 5.75. The van der Waals surface area contributed by atoms with Gasteiger partial charge >= 0.3 is 5.97 Å². The first-order valence-electron chi connectivity index (χ1n) is 9.13. The zero-order chi connectivity index (χ0) is 20.8. The Morgan fingerprint density at radius 2 is 2.21 bits per heavy atom. The Morgan fingerprint density at radius 1 is 1.41 bits per heavy atom. The number of carboxylic acid groups (broad SMARTS) is 1. The molecular weight excluding hydrogens is 401 g/mol. The molecule has 0 saturated heterocycles. The molecule has 29 heavy (non-hydrogen) atoms. The predicted molar refractivity (Wildman–Crippen MR) is 105 cm³/mol. The van der Waals surface area contributed by atoms with Gasteiger partial charge in [-0.1, -0.05) is 18.0 Å². The van der Waals surface area contributed by atoms with Crippen LogP contribution in [-0.2, 0) is 4.79 Å². The summed E-state index contributed by atoms with van der Waals surface area (Å²) in [5.74, 6) is -1.63. The average molecular weight is 420 g/mol. The number of fused-ring (bicyclic) bond motifs is 1. The molecule has 3 heterocycles. The van der Waals surface area contributed by atoms with E-state index in [2.05, 4.69) is 25.3 Å². The molecule has 1 aliphatic rings. The number of rotatable bonds is 4. The Bertz CT molecular complexity index is 1090. The maximum Gasteiger partial charge on any atom is 0.312 e. The molecular formula is C19H19ClFN5O3. The SMILES string of the molecule is C[C@]1(C(=O)O)CCC[C@H](Nc2nc(-c3c[nH]c4ncc(Cl)cc34)ncc2F)[C@H]1O. The molecule has 0 spiro atoms. The lowest BCUT2D eigenvalue weighted by atomic mass is 9.71. The Balaban J connectivity index is 1.67. The van der Waals surface area contributed by atoms with Gasteiger partial charge in [-0.15, -0.1) is 0 Å². The van der Waals surface area contributed by atoms with Crippen LogP contribution in [-0.4, -0.2) is 48.3 Å². The summed E-state index contributed by atoms with van der Waals surface area (Å²) in [5.41, 5.74) is -0.119. The van der Waals surface area contributed by atoms with E-state index in [0.29, 0.717) is 40.9 Å². The van der Waals surface area contributed by atoms with Crippen molar-refractivity contribution in [1.82, 2.24) is 19.9 Å². The molecule has 0 bridgehead atoms. The molecule has 1 fully saturated rings. The molecule has 1 aliphatic carbocycles. The van der Waals surface area contributed by atoms with Crippen molar-refractivity contribution in [1.29, 1.82) is 0 Å². The first kappa shape index (κ1) is 19.5. The molecule has 10 heteroatoms. The molecule has 0 unspecified atom stereocenters. The molecule has 152 valence electrons. The number of halogens is 2. The summed E-state index contributed by atoms with van der Waals surface area (Å²) in [6.45, 7) is 1.50. The van der Waals surface area contributed by atoms with E-state index in [1.165, 1.54) is 13.1 Å². The number of aliphatic hydroxyl groups excluding tert-OH is 1. The number of carboxylic acids is 1. The van der Waals surface area contributed by atoms with Crippen LogP contribution in [0, 0.1) is 11.2 Å². The largest absolute Gasteiger partial charge is 0.481 e. The first-order chi connectivity index (χ1) is 13.8. The van der Waals surface area contributed by atoms with Gasteiger partial charge in [-0.3, -0.25) is 4.79 Å². The number of nitrogens with one attached hydrogen (secondary N) is 2. The second-order valence-corrected chi connectivity index (χ2v) is 7.89. The van der Waals surface area contributed by atoms with Crippen LogP contribution in [0.4, 0.5) is 10.2 Å². The van der Waals surface area contributed by atoms with Gasteiger partial charge < -0.3 is 20.5 Å². The van der Waals surface area contributed by atoms with E-state index in [9.17, 15) is 19.4 Å². The number of carbonyl (C=O) groups is 1. The quantitative estimate of drug-likeness (QED) is 0.511. The number of nitrogens with zero attached hydrogens (tertiary/aromatic N) is 3. The van der Waals surface area contributed by atoms with Gasteiger partial charge in [-0.05, 0) is 25.8 Å². The molecule has 0 radical (unpaired) electrons. The number of H-pyrrole nitrogens is 1. The number of aromatic amines is 1. The first-order valence-corrected chi connectivity index (χ1v) is 9.51. The van der Waals surface area contributed by atoms with E-state index in [4.69, 9.17) is 11.6 Å². The van der Waals surface area contributed by atoms with Crippen molar-refractivity contribution in [2.24, 2.45) is 5.41 Å². The minimum Gasteiger partial charge on any atom is -0.481 e. The minimum absolute atomic E-state index is 0.0990. The van der Waals surface area contributed by atoms with E-state index in [0.717, 1.165) is 6.20 Å². The highest BCUT2D eigenvalue weighted by atomic mass is 35.5. The summed E-state index contributed by atoms with van der Waals surface area (Å²) in [6.07, 6.45) is 4.44. The molecule has 3 atom stereocenters. The van der Waals surface area contributed by atoms with Crippen LogP contribution in [0.2, 0.25) is 5.02 Å². The molecule has 3 aromatic heterocycles. The second kappa shape index (κ2) is 7.23. The van der Waals surface area contributed by atoms with E-state index >= 15 is 0 Å². The molecule has 1 saturated carbocycles. The lowest BCUT2D eigenvalue weighted by Crippen LogP contribution is -2.52. The van der Waals surface area contributed by atoms with Crippen molar-refractivity contribution >= 4 is 34.4 Å². The van der Waals surface area contributed by atoms with E-state index in [1.54, 1.807) is 12.3 Å². The summed E-state index contributed by atoms with van der Waals surface area (Å²) < 4.78 is 14.4. The highest BCUT2D eigenvalue weighted by Crippen LogP contribution is 2.38. The number of aromatic nitrogens is 4. The fourth-order valence-electron chi connectivity index (χ4n) is 3.76. The maximum atomic E-state index is 14.4. The number of hydrogen-bond donors (Lipinski definition) is 4. The zero-order valence-corrected chi connectivity index (χ0v) is 16.2. The summed E-state index contributed by atoms with van der Waals surface area (Å²) >= 11 is 6.02. The molecule has 0 amide bonds. The highest BCUT2D eigenvalue weighted by Gasteiger charge is 2.47. The molecule has 8 nitrogen and oxygen atoms in total. The van der Waals surface area contributed by atoms with Gasteiger partial charge in [0.05, 0.1) is 28.8 Å². The molecule has 3 aromatic rings. The Kier molecular flexibility index (Phi) is 4.87. The van der Waals surface area contributed by atoms with Crippen molar-refractivity contribution in [3.8, 4) is 11.4 Å².